The van der Waals surface area contributed by atoms with Crippen molar-refractivity contribution in [3.63, 3.8) is 0 Å². The Kier molecular flexibility index (Phi) is 2.92. The zero-order valence-electron chi connectivity index (χ0n) is 9.10. The largest absolute Gasteiger partial charge is 0.480 e. The van der Waals surface area contributed by atoms with Gasteiger partial charge in [-0.25, -0.2) is 0 Å². The Labute approximate surface area is 93.5 Å². The highest BCUT2D eigenvalue weighted by atomic mass is 16.4. The highest BCUT2D eigenvalue weighted by molar-refractivity contribution is 5.80. The summed E-state index contributed by atoms with van der Waals surface area (Å²) in [6, 6.07) is 8.19. The van der Waals surface area contributed by atoms with E-state index in [0.29, 0.717) is 6.54 Å². The highest BCUT2D eigenvalue weighted by Crippen LogP contribution is 2.16. The SMILES string of the molecule is Cn1ccc2cc(CNCC(=O)O)ccc21. The van der Waals surface area contributed by atoms with Gasteiger partial charge in [0.2, 0.25) is 0 Å². The summed E-state index contributed by atoms with van der Waals surface area (Å²) < 4.78 is 2.06. The van der Waals surface area contributed by atoms with Crippen LogP contribution in [-0.4, -0.2) is 22.2 Å². The molecule has 0 fully saturated rings. The lowest BCUT2D eigenvalue weighted by molar-refractivity contribution is -0.135. The van der Waals surface area contributed by atoms with E-state index in [1.165, 1.54) is 10.9 Å². The molecule has 4 nitrogen and oxygen atoms in total. The molecule has 2 N–H and O–H groups in total. The average Bonchev–Trinajstić information content (AvgIpc) is 2.60. The van der Waals surface area contributed by atoms with Crippen molar-refractivity contribution in [2.24, 2.45) is 7.05 Å². The molecule has 0 unspecified atom stereocenters. The van der Waals surface area contributed by atoms with E-state index in [0.717, 1.165) is 5.56 Å². The van der Waals surface area contributed by atoms with E-state index in [4.69, 9.17) is 5.11 Å². The average molecular weight is 218 g/mol. The van der Waals surface area contributed by atoms with Crippen LogP contribution in [0.1, 0.15) is 5.56 Å². The number of carboxylic acids is 1. The smallest absolute Gasteiger partial charge is 0.317 e. The Morgan fingerprint density at radius 1 is 1.44 bits per heavy atom. The number of rotatable bonds is 4. The van der Waals surface area contributed by atoms with E-state index in [1.807, 2.05) is 25.4 Å². The Bertz CT molecular complexity index is 517. The summed E-state index contributed by atoms with van der Waals surface area (Å²) in [4.78, 5) is 10.3. The number of hydrogen-bond donors (Lipinski definition) is 2. The van der Waals surface area contributed by atoms with Crippen LogP contribution in [0.15, 0.2) is 30.5 Å². The Hall–Kier alpha value is -1.81. The topological polar surface area (TPSA) is 54.3 Å². The molecule has 2 rings (SSSR count). The lowest BCUT2D eigenvalue weighted by atomic mass is 10.1. The summed E-state index contributed by atoms with van der Waals surface area (Å²) in [6.45, 7) is 0.573. The maximum atomic E-state index is 10.3. The molecule has 4 heteroatoms. The van der Waals surface area contributed by atoms with Gasteiger partial charge in [0.1, 0.15) is 0 Å². The third kappa shape index (κ3) is 2.23. The van der Waals surface area contributed by atoms with Gasteiger partial charge in [0.25, 0.3) is 0 Å². The van der Waals surface area contributed by atoms with Crippen LogP contribution in [0.3, 0.4) is 0 Å². The number of fused-ring (bicyclic) bond motifs is 1. The van der Waals surface area contributed by atoms with Crippen LogP contribution in [0.5, 0.6) is 0 Å². The predicted octanol–water partition coefficient (Wildman–Crippen LogP) is 1.35. The standard InChI is InChI=1S/C12H14N2O2/c1-14-5-4-10-6-9(2-3-11(10)14)7-13-8-12(15)16/h2-6,13H,7-8H2,1H3,(H,15,16). The van der Waals surface area contributed by atoms with Gasteiger partial charge in [-0.05, 0) is 29.1 Å². The van der Waals surface area contributed by atoms with Crippen LogP contribution in [0.2, 0.25) is 0 Å². The monoisotopic (exact) mass is 218 g/mol. The first-order valence-corrected chi connectivity index (χ1v) is 5.13. The van der Waals surface area contributed by atoms with Gasteiger partial charge in [-0.3, -0.25) is 4.79 Å². The van der Waals surface area contributed by atoms with Crippen molar-refractivity contribution in [2.45, 2.75) is 6.54 Å². The highest BCUT2D eigenvalue weighted by Gasteiger charge is 2.00. The van der Waals surface area contributed by atoms with Crippen molar-refractivity contribution in [3.05, 3.63) is 36.0 Å². The minimum atomic E-state index is -0.833. The van der Waals surface area contributed by atoms with Gasteiger partial charge in [-0.2, -0.15) is 0 Å². The van der Waals surface area contributed by atoms with Crippen LogP contribution < -0.4 is 5.32 Å². The number of nitrogens with one attached hydrogen (secondary N) is 1. The number of carbonyl (C=O) groups is 1. The summed E-state index contributed by atoms with van der Waals surface area (Å²) in [6.07, 6.45) is 2.01. The van der Waals surface area contributed by atoms with E-state index in [-0.39, 0.29) is 6.54 Å². The third-order valence-corrected chi connectivity index (χ3v) is 2.55. The van der Waals surface area contributed by atoms with Crippen molar-refractivity contribution in [3.8, 4) is 0 Å². The first-order valence-electron chi connectivity index (χ1n) is 5.13. The normalized spacial score (nSPS) is 10.8. The van der Waals surface area contributed by atoms with Crippen LogP contribution in [0, 0.1) is 0 Å². The molecule has 1 aromatic carbocycles. The van der Waals surface area contributed by atoms with Gasteiger partial charge in [-0.1, -0.05) is 6.07 Å². The molecule has 1 aromatic heterocycles. The number of carboxylic acid groups (broad SMARTS) is 1. The van der Waals surface area contributed by atoms with Gasteiger partial charge >= 0.3 is 5.97 Å². The molecule has 0 amide bonds. The Morgan fingerprint density at radius 3 is 3.00 bits per heavy atom. The molecule has 1 heterocycles. The zero-order valence-corrected chi connectivity index (χ0v) is 9.10. The summed E-state index contributed by atoms with van der Waals surface area (Å²) in [7, 11) is 2.00. The second-order valence-corrected chi connectivity index (χ2v) is 3.82. The molecule has 0 spiro atoms. The molecule has 0 radical (unpaired) electrons. The quantitative estimate of drug-likeness (QED) is 0.814. The summed E-state index contributed by atoms with van der Waals surface area (Å²) in [5.74, 6) is -0.833. The molecule has 2 aromatic rings. The fourth-order valence-corrected chi connectivity index (χ4v) is 1.75. The van der Waals surface area contributed by atoms with Gasteiger partial charge in [-0.15, -0.1) is 0 Å². The van der Waals surface area contributed by atoms with E-state index >= 15 is 0 Å². The third-order valence-electron chi connectivity index (χ3n) is 2.55. The molecule has 0 aliphatic rings. The second-order valence-electron chi connectivity index (χ2n) is 3.82. The molecule has 0 saturated carbocycles. The fraction of sp³-hybridized carbons (Fsp3) is 0.250. The number of aryl methyl sites for hydroxylation is 1. The van der Waals surface area contributed by atoms with Gasteiger partial charge in [0, 0.05) is 25.3 Å². The Morgan fingerprint density at radius 2 is 2.25 bits per heavy atom. The lowest BCUT2D eigenvalue weighted by Crippen LogP contribution is -2.21. The van der Waals surface area contributed by atoms with E-state index in [1.54, 1.807) is 0 Å². The lowest BCUT2D eigenvalue weighted by Gasteiger charge is -2.03. The molecular weight excluding hydrogens is 204 g/mol. The summed E-state index contributed by atoms with van der Waals surface area (Å²) >= 11 is 0. The molecule has 0 atom stereocenters. The van der Waals surface area contributed by atoms with E-state index < -0.39 is 5.97 Å². The fourth-order valence-electron chi connectivity index (χ4n) is 1.75. The maximum absolute atomic E-state index is 10.3. The summed E-state index contributed by atoms with van der Waals surface area (Å²) in [5.41, 5.74) is 2.28. The minimum Gasteiger partial charge on any atom is -0.480 e. The van der Waals surface area contributed by atoms with Crippen molar-refractivity contribution >= 4 is 16.9 Å². The zero-order chi connectivity index (χ0) is 11.5. The number of benzene rings is 1. The van der Waals surface area contributed by atoms with Crippen molar-refractivity contribution < 1.29 is 9.90 Å². The van der Waals surface area contributed by atoms with Crippen LogP contribution >= 0.6 is 0 Å². The van der Waals surface area contributed by atoms with Crippen LogP contribution in [0.25, 0.3) is 10.9 Å². The van der Waals surface area contributed by atoms with Crippen molar-refractivity contribution in [2.75, 3.05) is 6.54 Å². The molecule has 0 aliphatic heterocycles. The number of aromatic nitrogens is 1. The van der Waals surface area contributed by atoms with Crippen molar-refractivity contribution in [1.82, 2.24) is 9.88 Å². The second kappa shape index (κ2) is 4.37. The summed E-state index contributed by atoms with van der Waals surface area (Å²) in [5, 5.41) is 12.5. The molecule has 16 heavy (non-hydrogen) atoms. The molecule has 0 aliphatic carbocycles. The van der Waals surface area contributed by atoms with Crippen LogP contribution in [-0.2, 0) is 18.4 Å². The first kappa shape index (κ1) is 10.7. The number of hydrogen-bond acceptors (Lipinski definition) is 2. The molecule has 84 valence electrons. The van der Waals surface area contributed by atoms with E-state index in [9.17, 15) is 4.79 Å². The molecule has 0 saturated heterocycles. The Balaban J connectivity index is 2.11. The molecular formula is C12H14N2O2. The van der Waals surface area contributed by atoms with E-state index in [2.05, 4.69) is 22.0 Å². The molecule has 0 bridgehead atoms. The van der Waals surface area contributed by atoms with Crippen molar-refractivity contribution in [1.29, 1.82) is 0 Å². The maximum Gasteiger partial charge on any atom is 0.317 e. The predicted molar refractivity (Wildman–Crippen MR) is 62.3 cm³/mol. The van der Waals surface area contributed by atoms with Gasteiger partial charge in [0.15, 0.2) is 0 Å². The first-order chi connectivity index (χ1) is 7.66. The van der Waals surface area contributed by atoms with Gasteiger partial charge < -0.3 is 15.0 Å². The van der Waals surface area contributed by atoms with Crippen LogP contribution in [0.4, 0.5) is 0 Å². The number of nitrogens with zero attached hydrogens (tertiary/aromatic N) is 1. The number of aliphatic carboxylic acids is 1. The minimum absolute atomic E-state index is 0.00712. The van der Waals surface area contributed by atoms with Gasteiger partial charge in [0.05, 0.1) is 6.54 Å².